The number of sulfonamides is 1. The van der Waals surface area contributed by atoms with Crippen LogP contribution >= 0.6 is 15.9 Å². The van der Waals surface area contributed by atoms with E-state index in [1.165, 1.54) is 31.2 Å². The van der Waals surface area contributed by atoms with Crippen molar-refractivity contribution < 1.29 is 13.2 Å². The van der Waals surface area contributed by atoms with Crippen molar-refractivity contribution in [3.63, 3.8) is 0 Å². The van der Waals surface area contributed by atoms with E-state index in [0.717, 1.165) is 5.56 Å². The molecule has 0 aliphatic carbocycles. The van der Waals surface area contributed by atoms with Crippen molar-refractivity contribution in [2.75, 3.05) is 4.72 Å². The highest BCUT2D eigenvalue weighted by molar-refractivity contribution is 9.10. The summed E-state index contributed by atoms with van der Waals surface area (Å²) in [6, 6.07) is 11.2. The Hall–Kier alpha value is -1.66. The third-order valence-electron chi connectivity index (χ3n) is 2.94. The Balaban J connectivity index is 2.31. The Morgan fingerprint density at radius 1 is 1.10 bits per heavy atom. The molecule has 0 fully saturated rings. The molecule has 1 N–H and O–H groups in total. The summed E-state index contributed by atoms with van der Waals surface area (Å²) in [5, 5.41) is 0. The summed E-state index contributed by atoms with van der Waals surface area (Å²) in [4.78, 5) is 11.3. The molecule has 2 aromatic rings. The van der Waals surface area contributed by atoms with Crippen LogP contribution in [0.4, 0.5) is 5.69 Å². The van der Waals surface area contributed by atoms with Crippen molar-refractivity contribution in [1.82, 2.24) is 0 Å². The first kappa shape index (κ1) is 15.7. The standard InChI is InChI=1S/C15H14BrNO3S/c1-10-3-8-15(14(16)9-10)17-21(19,20)13-6-4-12(5-7-13)11(2)18/h3-9,17H,1-2H3. The van der Waals surface area contributed by atoms with Crippen LogP contribution in [-0.2, 0) is 10.0 Å². The van der Waals surface area contributed by atoms with E-state index < -0.39 is 10.0 Å². The molecule has 21 heavy (non-hydrogen) atoms. The van der Waals surface area contributed by atoms with Gasteiger partial charge in [-0.2, -0.15) is 0 Å². The Labute approximate surface area is 132 Å². The van der Waals surface area contributed by atoms with Gasteiger partial charge in [-0.25, -0.2) is 8.42 Å². The summed E-state index contributed by atoms with van der Waals surface area (Å²) >= 11 is 3.33. The van der Waals surface area contributed by atoms with Crippen LogP contribution in [0.3, 0.4) is 0 Å². The van der Waals surface area contributed by atoms with Crippen molar-refractivity contribution >= 4 is 37.4 Å². The molecule has 0 saturated carbocycles. The van der Waals surface area contributed by atoms with Crippen LogP contribution in [0.15, 0.2) is 51.8 Å². The van der Waals surface area contributed by atoms with E-state index in [1.54, 1.807) is 6.07 Å². The van der Waals surface area contributed by atoms with Gasteiger partial charge in [0.2, 0.25) is 0 Å². The molecule has 2 aromatic carbocycles. The number of hydrogen-bond donors (Lipinski definition) is 1. The molecule has 110 valence electrons. The molecule has 0 bridgehead atoms. The van der Waals surface area contributed by atoms with Crippen LogP contribution in [0.1, 0.15) is 22.8 Å². The second-order valence-corrected chi connectivity index (χ2v) is 7.21. The molecule has 0 aliphatic rings. The largest absolute Gasteiger partial charge is 0.295 e. The number of carbonyl (C=O) groups excluding carboxylic acids is 1. The minimum Gasteiger partial charge on any atom is -0.295 e. The number of benzene rings is 2. The van der Waals surface area contributed by atoms with Gasteiger partial charge in [0.25, 0.3) is 10.0 Å². The first-order valence-electron chi connectivity index (χ1n) is 6.19. The van der Waals surface area contributed by atoms with Gasteiger partial charge in [0.05, 0.1) is 10.6 Å². The maximum absolute atomic E-state index is 12.3. The summed E-state index contributed by atoms with van der Waals surface area (Å²) in [6.45, 7) is 3.36. The lowest BCUT2D eigenvalue weighted by atomic mass is 10.2. The van der Waals surface area contributed by atoms with Crippen LogP contribution in [-0.4, -0.2) is 14.2 Å². The van der Waals surface area contributed by atoms with Gasteiger partial charge >= 0.3 is 0 Å². The summed E-state index contributed by atoms with van der Waals surface area (Å²) in [5.74, 6) is -0.104. The van der Waals surface area contributed by atoms with E-state index in [1.807, 2.05) is 19.1 Å². The number of nitrogens with one attached hydrogen (secondary N) is 1. The zero-order valence-corrected chi connectivity index (χ0v) is 14.0. The molecule has 0 saturated heterocycles. The second kappa shape index (κ2) is 5.99. The molecule has 0 heterocycles. The topological polar surface area (TPSA) is 63.2 Å². The Bertz CT molecular complexity index is 783. The monoisotopic (exact) mass is 367 g/mol. The van der Waals surface area contributed by atoms with E-state index >= 15 is 0 Å². The third kappa shape index (κ3) is 3.71. The average molecular weight is 368 g/mol. The zero-order chi connectivity index (χ0) is 15.6. The molecule has 0 spiro atoms. The third-order valence-corrected chi connectivity index (χ3v) is 4.98. The number of rotatable bonds is 4. The van der Waals surface area contributed by atoms with Crippen molar-refractivity contribution in [2.45, 2.75) is 18.7 Å². The molecule has 0 aliphatic heterocycles. The lowest BCUT2D eigenvalue weighted by Gasteiger charge is -2.10. The zero-order valence-electron chi connectivity index (χ0n) is 11.6. The Kier molecular flexibility index (Phi) is 4.49. The maximum Gasteiger partial charge on any atom is 0.261 e. The molecule has 4 nitrogen and oxygen atoms in total. The van der Waals surface area contributed by atoms with Crippen molar-refractivity contribution in [3.05, 3.63) is 58.1 Å². The summed E-state index contributed by atoms with van der Waals surface area (Å²) in [6.07, 6.45) is 0. The number of hydrogen-bond acceptors (Lipinski definition) is 3. The summed E-state index contributed by atoms with van der Waals surface area (Å²) < 4.78 is 27.8. The van der Waals surface area contributed by atoms with Gasteiger partial charge in [-0.15, -0.1) is 0 Å². The number of anilines is 1. The van der Waals surface area contributed by atoms with Crippen molar-refractivity contribution in [3.8, 4) is 0 Å². The van der Waals surface area contributed by atoms with Gasteiger partial charge in [0, 0.05) is 10.0 Å². The lowest BCUT2D eigenvalue weighted by Crippen LogP contribution is -2.13. The molecular formula is C15H14BrNO3S. The number of halogens is 1. The second-order valence-electron chi connectivity index (χ2n) is 4.67. The van der Waals surface area contributed by atoms with E-state index in [-0.39, 0.29) is 10.7 Å². The normalized spacial score (nSPS) is 11.2. The van der Waals surface area contributed by atoms with Crippen molar-refractivity contribution in [1.29, 1.82) is 0 Å². The molecular weight excluding hydrogens is 354 g/mol. The van der Waals surface area contributed by atoms with E-state index in [9.17, 15) is 13.2 Å². The number of aryl methyl sites for hydroxylation is 1. The highest BCUT2D eigenvalue weighted by Gasteiger charge is 2.16. The van der Waals surface area contributed by atoms with Crippen LogP contribution in [0.5, 0.6) is 0 Å². The predicted octanol–water partition coefficient (Wildman–Crippen LogP) is 3.76. The molecule has 0 aromatic heterocycles. The van der Waals surface area contributed by atoms with E-state index in [0.29, 0.717) is 15.7 Å². The van der Waals surface area contributed by atoms with Gasteiger partial charge in [-0.1, -0.05) is 18.2 Å². The fraction of sp³-hybridized carbons (Fsp3) is 0.133. The average Bonchev–Trinajstić information content (AvgIpc) is 2.42. The lowest BCUT2D eigenvalue weighted by molar-refractivity contribution is 0.101. The fourth-order valence-electron chi connectivity index (χ4n) is 1.78. The predicted molar refractivity (Wildman–Crippen MR) is 86.1 cm³/mol. The molecule has 0 unspecified atom stereocenters. The van der Waals surface area contributed by atoms with Gasteiger partial charge in [0.1, 0.15) is 0 Å². The fourth-order valence-corrected chi connectivity index (χ4v) is 3.58. The molecule has 6 heteroatoms. The molecule has 0 atom stereocenters. The van der Waals surface area contributed by atoms with Gasteiger partial charge in [-0.3, -0.25) is 9.52 Å². The van der Waals surface area contributed by atoms with Gasteiger partial charge in [0.15, 0.2) is 5.78 Å². The van der Waals surface area contributed by atoms with E-state index in [4.69, 9.17) is 0 Å². The first-order valence-corrected chi connectivity index (χ1v) is 8.47. The number of Topliss-reactive ketones (excluding diaryl/α,β-unsaturated/α-hetero) is 1. The highest BCUT2D eigenvalue weighted by Crippen LogP contribution is 2.26. The Morgan fingerprint density at radius 2 is 1.71 bits per heavy atom. The highest BCUT2D eigenvalue weighted by atomic mass is 79.9. The van der Waals surface area contributed by atoms with Gasteiger partial charge in [-0.05, 0) is 59.6 Å². The minimum absolute atomic E-state index is 0.104. The molecule has 0 amide bonds. The van der Waals surface area contributed by atoms with Gasteiger partial charge < -0.3 is 0 Å². The van der Waals surface area contributed by atoms with Crippen molar-refractivity contribution in [2.24, 2.45) is 0 Å². The van der Waals surface area contributed by atoms with Crippen LogP contribution in [0.25, 0.3) is 0 Å². The summed E-state index contributed by atoms with van der Waals surface area (Å²) in [5.41, 5.74) is 1.97. The Morgan fingerprint density at radius 3 is 2.24 bits per heavy atom. The van der Waals surface area contributed by atoms with Crippen LogP contribution in [0.2, 0.25) is 0 Å². The maximum atomic E-state index is 12.3. The quantitative estimate of drug-likeness (QED) is 0.836. The van der Waals surface area contributed by atoms with E-state index in [2.05, 4.69) is 20.7 Å². The SMILES string of the molecule is CC(=O)c1ccc(S(=O)(=O)Nc2ccc(C)cc2Br)cc1. The smallest absolute Gasteiger partial charge is 0.261 e. The first-order chi connectivity index (χ1) is 9.79. The number of carbonyl (C=O) groups is 1. The minimum atomic E-state index is -3.68. The molecule has 2 rings (SSSR count). The van der Waals surface area contributed by atoms with Crippen LogP contribution < -0.4 is 4.72 Å². The molecule has 0 radical (unpaired) electrons. The number of ketones is 1. The summed E-state index contributed by atoms with van der Waals surface area (Å²) in [7, 11) is -3.68. The van der Waals surface area contributed by atoms with Crippen LogP contribution in [0, 0.1) is 6.92 Å².